The van der Waals surface area contributed by atoms with E-state index in [2.05, 4.69) is 33.1 Å². The van der Waals surface area contributed by atoms with Gasteiger partial charge in [-0.1, -0.05) is 18.2 Å². The molecule has 0 bridgehead atoms. The molecule has 7 nitrogen and oxygen atoms in total. The molecule has 0 fully saturated rings. The van der Waals surface area contributed by atoms with Gasteiger partial charge in [0.2, 0.25) is 0 Å². The van der Waals surface area contributed by atoms with Crippen LogP contribution in [0.15, 0.2) is 58.4 Å². The van der Waals surface area contributed by atoms with Gasteiger partial charge in [-0.05, 0) is 42.0 Å². The van der Waals surface area contributed by atoms with Gasteiger partial charge in [-0.15, -0.1) is 0 Å². The third-order valence-corrected chi connectivity index (χ3v) is 6.57. The Morgan fingerprint density at radius 3 is 2.88 bits per heavy atom. The number of hydrogen-bond donors (Lipinski definition) is 1. The highest BCUT2D eigenvalue weighted by molar-refractivity contribution is 5.83. The van der Waals surface area contributed by atoms with Crippen LogP contribution in [0.3, 0.4) is 0 Å². The Morgan fingerprint density at radius 2 is 2.00 bits per heavy atom. The van der Waals surface area contributed by atoms with Crippen molar-refractivity contribution >= 4 is 10.9 Å². The van der Waals surface area contributed by atoms with Gasteiger partial charge in [-0.3, -0.25) is 19.5 Å². The molecule has 0 amide bonds. The van der Waals surface area contributed by atoms with Crippen molar-refractivity contribution in [3.63, 3.8) is 0 Å². The quantitative estimate of drug-likeness (QED) is 0.546. The number of nitrogens with zero attached hydrogens (tertiary/aromatic N) is 4. The number of pyridine rings is 2. The van der Waals surface area contributed by atoms with Gasteiger partial charge in [-0.25, -0.2) is 4.98 Å². The third-order valence-electron chi connectivity index (χ3n) is 6.57. The Morgan fingerprint density at radius 1 is 1.06 bits per heavy atom. The molecule has 0 unspecified atom stereocenters. The number of hydrogen-bond acceptors (Lipinski definition) is 5. The van der Waals surface area contributed by atoms with E-state index in [0.29, 0.717) is 30.9 Å². The molecule has 1 N–H and O–H groups in total. The molecule has 0 spiro atoms. The van der Waals surface area contributed by atoms with Crippen molar-refractivity contribution in [1.29, 1.82) is 0 Å². The number of aromatic amines is 1. The molecule has 0 aliphatic carbocycles. The standard InChI is InChI=1S/C25H23N5O2/c31-24-20-15-29(11-8-21(20)27-23(28-24)18-6-2-9-26-13-18)14-19-12-17-5-1-4-16-7-3-10-30(22(16)17)25(19)32/h1-2,4-6,9,12-13H,3,7-8,10-11,14-15H2,(H,27,28,31). The highest BCUT2D eigenvalue weighted by Crippen LogP contribution is 2.25. The molecule has 32 heavy (non-hydrogen) atoms. The minimum Gasteiger partial charge on any atom is -0.308 e. The summed E-state index contributed by atoms with van der Waals surface area (Å²) in [5.41, 5.74) is 5.42. The van der Waals surface area contributed by atoms with Crippen molar-refractivity contribution in [3.8, 4) is 11.4 Å². The van der Waals surface area contributed by atoms with Gasteiger partial charge in [0.15, 0.2) is 0 Å². The minimum atomic E-state index is -0.117. The van der Waals surface area contributed by atoms with E-state index in [1.54, 1.807) is 12.4 Å². The van der Waals surface area contributed by atoms with Crippen LogP contribution in [0.5, 0.6) is 0 Å². The van der Waals surface area contributed by atoms with Crippen molar-refractivity contribution in [2.75, 3.05) is 6.54 Å². The lowest BCUT2D eigenvalue weighted by molar-refractivity contribution is 0.240. The van der Waals surface area contributed by atoms with Crippen LogP contribution in [0, 0.1) is 0 Å². The Labute approximate surface area is 184 Å². The molecular weight excluding hydrogens is 402 g/mol. The molecule has 5 heterocycles. The van der Waals surface area contributed by atoms with Crippen molar-refractivity contribution in [2.24, 2.45) is 0 Å². The van der Waals surface area contributed by atoms with Crippen molar-refractivity contribution < 1.29 is 0 Å². The number of H-pyrrole nitrogens is 1. The monoisotopic (exact) mass is 425 g/mol. The van der Waals surface area contributed by atoms with Crippen LogP contribution in [0.25, 0.3) is 22.3 Å². The van der Waals surface area contributed by atoms with E-state index in [1.165, 1.54) is 5.56 Å². The zero-order valence-electron chi connectivity index (χ0n) is 17.7. The summed E-state index contributed by atoms with van der Waals surface area (Å²) in [6.45, 7) is 2.54. The maximum atomic E-state index is 13.2. The predicted octanol–water partition coefficient (Wildman–Crippen LogP) is 2.65. The largest absolute Gasteiger partial charge is 0.308 e. The van der Waals surface area contributed by atoms with Crippen molar-refractivity contribution in [3.05, 3.63) is 91.9 Å². The van der Waals surface area contributed by atoms with Gasteiger partial charge in [0.25, 0.3) is 11.1 Å². The summed E-state index contributed by atoms with van der Waals surface area (Å²) in [7, 11) is 0. The first kappa shape index (κ1) is 19.1. The fraction of sp³-hybridized carbons (Fsp3) is 0.280. The Balaban J connectivity index is 1.32. The first-order chi connectivity index (χ1) is 15.7. The van der Waals surface area contributed by atoms with Crippen LogP contribution in [-0.2, 0) is 32.5 Å². The van der Waals surface area contributed by atoms with E-state index in [9.17, 15) is 9.59 Å². The van der Waals surface area contributed by atoms with E-state index in [-0.39, 0.29) is 11.1 Å². The summed E-state index contributed by atoms with van der Waals surface area (Å²) in [6, 6.07) is 12.0. The van der Waals surface area contributed by atoms with Gasteiger partial charge in [-0.2, -0.15) is 0 Å². The second kappa shape index (κ2) is 7.53. The zero-order chi connectivity index (χ0) is 21.7. The summed E-state index contributed by atoms with van der Waals surface area (Å²) in [6.07, 6.45) is 6.09. The smallest absolute Gasteiger partial charge is 0.255 e. The highest BCUT2D eigenvalue weighted by atomic mass is 16.1. The van der Waals surface area contributed by atoms with E-state index >= 15 is 0 Å². The molecule has 0 saturated heterocycles. The minimum absolute atomic E-state index is 0.0920. The molecule has 2 aliphatic rings. The molecule has 6 rings (SSSR count). The van der Waals surface area contributed by atoms with Gasteiger partial charge < -0.3 is 9.55 Å². The average Bonchev–Trinajstić information content (AvgIpc) is 2.83. The normalized spacial score (nSPS) is 15.6. The van der Waals surface area contributed by atoms with E-state index in [1.807, 2.05) is 22.8 Å². The summed E-state index contributed by atoms with van der Waals surface area (Å²) < 4.78 is 1.94. The Bertz CT molecular complexity index is 1460. The second-order valence-corrected chi connectivity index (χ2v) is 8.63. The van der Waals surface area contributed by atoms with Crippen LogP contribution in [0.2, 0.25) is 0 Å². The summed E-state index contributed by atoms with van der Waals surface area (Å²) >= 11 is 0. The lowest BCUT2D eigenvalue weighted by atomic mass is 9.99. The SMILES string of the molecule is O=c1[nH]c(-c2cccnc2)nc2c1CN(Cc1cc3cccc4c3n(c1=O)CCC4)CC2. The van der Waals surface area contributed by atoms with Crippen LogP contribution < -0.4 is 11.1 Å². The Hall–Kier alpha value is -3.58. The van der Waals surface area contributed by atoms with Gasteiger partial charge in [0.05, 0.1) is 16.8 Å². The zero-order valence-corrected chi connectivity index (χ0v) is 17.7. The van der Waals surface area contributed by atoms with Gasteiger partial charge >= 0.3 is 0 Å². The highest BCUT2D eigenvalue weighted by Gasteiger charge is 2.23. The summed E-state index contributed by atoms with van der Waals surface area (Å²) in [5.74, 6) is 0.554. The number of para-hydroxylation sites is 1. The number of fused-ring (bicyclic) bond motifs is 1. The molecule has 160 valence electrons. The molecular formula is C25H23N5O2. The molecule has 0 radical (unpaired) electrons. The summed E-state index contributed by atoms with van der Waals surface area (Å²) in [5, 5.41) is 1.12. The molecule has 7 heteroatoms. The number of aromatic nitrogens is 4. The fourth-order valence-corrected chi connectivity index (χ4v) is 5.03. The number of rotatable bonds is 3. The number of benzene rings is 1. The van der Waals surface area contributed by atoms with Gasteiger partial charge in [0, 0.05) is 56.1 Å². The van der Waals surface area contributed by atoms with Crippen molar-refractivity contribution in [1.82, 2.24) is 24.4 Å². The van der Waals surface area contributed by atoms with Gasteiger partial charge in [0.1, 0.15) is 5.82 Å². The average molecular weight is 425 g/mol. The lowest BCUT2D eigenvalue weighted by Crippen LogP contribution is -2.37. The molecule has 2 aliphatic heterocycles. The third kappa shape index (κ3) is 3.17. The topological polar surface area (TPSA) is 83.9 Å². The Kier molecular flexibility index (Phi) is 4.50. The number of aryl methyl sites for hydroxylation is 2. The predicted molar refractivity (Wildman–Crippen MR) is 122 cm³/mol. The molecule has 3 aromatic heterocycles. The number of nitrogens with one attached hydrogen (secondary N) is 1. The fourth-order valence-electron chi connectivity index (χ4n) is 5.03. The van der Waals surface area contributed by atoms with Crippen LogP contribution >= 0.6 is 0 Å². The van der Waals surface area contributed by atoms with Crippen LogP contribution in [0.1, 0.15) is 28.8 Å². The second-order valence-electron chi connectivity index (χ2n) is 8.63. The molecule has 0 atom stereocenters. The van der Waals surface area contributed by atoms with Crippen molar-refractivity contribution in [2.45, 2.75) is 38.9 Å². The summed E-state index contributed by atoms with van der Waals surface area (Å²) in [4.78, 5) is 40.0. The van der Waals surface area contributed by atoms with E-state index in [4.69, 9.17) is 4.98 Å². The maximum Gasteiger partial charge on any atom is 0.255 e. The lowest BCUT2D eigenvalue weighted by Gasteiger charge is -2.28. The van der Waals surface area contributed by atoms with E-state index in [0.717, 1.165) is 53.7 Å². The molecule has 4 aromatic rings. The first-order valence-corrected chi connectivity index (χ1v) is 11.1. The maximum absolute atomic E-state index is 13.2. The molecule has 0 saturated carbocycles. The van der Waals surface area contributed by atoms with Crippen LogP contribution in [0.4, 0.5) is 0 Å². The first-order valence-electron chi connectivity index (χ1n) is 11.1. The molecule has 1 aromatic carbocycles. The van der Waals surface area contributed by atoms with E-state index < -0.39 is 0 Å². The van der Waals surface area contributed by atoms with Crippen LogP contribution in [-0.4, -0.2) is 31.0 Å².